The summed E-state index contributed by atoms with van der Waals surface area (Å²) in [5, 5.41) is 8.05. The fraction of sp³-hybridized carbons (Fsp3) is 0.179. The van der Waals surface area contributed by atoms with E-state index in [-0.39, 0.29) is 19.0 Å². The summed E-state index contributed by atoms with van der Waals surface area (Å²) in [5.74, 6) is -2.85. The minimum absolute atomic E-state index is 0.206. The van der Waals surface area contributed by atoms with E-state index >= 15 is 0 Å². The Kier molecular flexibility index (Phi) is 5.77. The molecule has 6 rings (SSSR count). The molecule has 186 valence electrons. The van der Waals surface area contributed by atoms with Gasteiger partial charge in [0.1, 0.15) is 5.65 Å². The zero-order valence-electron chi connectivity index (χ0n) is 19.9. The zero-order valence-corrected chi connectivity index (χ0v) is 19.9. The quantitative estimate of drug-likeness (QED) is 0.324. The highest BCUT2D eigenvalue weighted by molar-refractivity contribution is 6.08. The molecule has 5 aromatic rings. The number of carbonyl (C=O) groups excluding carboxylic acids is 1. The summed E-state index contributed by atoms with van der Waals surface area (Å²) in [6.07, 6.45) is 6.75. The lowest BCUT2D eigenvalue weighted by atomic mass is 10.0. The number of H-pyrrole nitrogens is 1. The summed E-state index contributed by atoms with van der Waals surface area (Å²) in [6.45, 7) is 0.640. The minimum Gasteiger partial charge on any atom is -0.344 e. The van der Waals surface area contributed by atoms with Crippen molar-refractivity contribution in [3.05, 3.63) is 102 Å². The monoisotopic (exact) mass is 498 g/mol. The van der Waals surface area contributed by atoms with Crippen LogP contribution in [0.2, 0.25) is 0 Å². The van der Waals surface area contributed by atoms with E-state index in [1.165, 1.54) is 0 Å². The van der Waals surface area contributed by atoms with Crippen LogP contribution in [0.3, 0.4) is 0 Å². The minimum atomic E-state index is -2.58. The smallest absolute Gasteiger partial charge is 0.272 e. The van der Waals surface area contributed by atoms with Crippen LogP contribution in [-0.4, -0.2) is 49.6 Å². The van der Waals surface area contributed by atoms with Gasteiger partial charge >= 0.3 is 0 Å². The number of fused-ring (bicyclic) bond motifs is 1. The highest BCUT2D eigenvalue weighted by Gasteiger charge is 2.43. The second-order valence-electron chi connectivity index (χ2n) is 9.39. The normalized spacial score (nSPS) is 15.0. The van der Waals surface area contributed by atoms with E-state index in [1.807, 2.05) is 60.7 Å². The van der Waals surface area contributed by atoms with Crippen molar-refractivity contribution in [2.45, 2.75) is 19.0 Å². The van der Waals surface area contributed by atoms with Gasteiger partial charge in [-0.05, 0) is 28.8 Å². The lowest BCUT2D eigenvalue weighted by Gasteiger charge is -2.38. The van der Waals surface area contributed by atoms with Crippen LogP contribution in [-0.2, 0) is 13.1 Å². The molecule has 0 unspecified atom stereocenters. The number of aromatic nitrogens is 4. The first kappa shape index (κ1) is 23.1. The van der Waals surface area contributed by atoms with Gasteiger partial charge in [-0.2, -0.15) is 5.10 Å². The summed E-state index contributed by atoms with van der Waals surface area (Å²) < 4.78 is 28.1. The molecule has 0 radical (unpaired) electrons. The van der Waals surface area contributed by atoms with E-state index in [9.17, 15) is 13.6 Å². The number of alkyl halides is 2. The van der Waals surface area contributed by atoms with Crippen molar-refractivity contribution in [2.75, 3.05) is 18.4 Å². The molecule has 7 nitrogen and oxygen atoms in total. The van der Waals surface area contributed by atoms with Crippen LogP contribution < -0.4 is 5.32 Å². The summed E-state index contributed by atoms with van der Waals surface area (Å²) >= 11 is 0. The van der Waals surface area contributed by atoms with Gasteiger partial charge in [-0.1, -0.05) is 48.5 Å². The van der Waals surface area contributed by atoms with E-state index < -0.39 is 5.92 Å². The Morgan fingerprint density at radius 1 is 0.973 bits per heavy atom. The van der Waals surface area contributed by atoms with Crippen molar-refractivity contribution in [2.24, 2.45) is 0 Å². The maximum atomic E-state index is 13.2. The van der Waals surface area contributed by atoms with Crippen LogP contribution in [0.15, 0.2) is 85.5 Å². The second kappa shape index (κ2) is 9.25. The number of rotatable bonds is 7. The first-order chi connectivity index (χ1) is 17.9. The van der Waals surface area contributed by atoms with Gasteiger partial charge < -0.3 is 10.3 Å². The van der Waals surface area contributed by atoms with Crippen molar-refractivity contribution in [3.8, 4) is 11.1 Å². The molecule has 1 saturated heterocycles. The van der Waals surface area contributed by atoms with Gasteiger partial charge in [-0.15, -0.1) is 0 Å². The van der Waals surface area contributed by atoms with Gasteiger partial charge in [-0.25, -0.2) is 13.8 Å². The molecule has 3 aromatic heterocycles. The molecule has 0 atom stereocenters. The van der Waals surface area contributed by atoms with Gasteiger partial charge in [0.25, 0.3) is 11.8 Å². The molecule has 1 amide bonds. The topological polar surface area (TPSA) is 78.8 Å². The van der Waals surface area contributed by atoms with Gasteiger partial charge in [0.2, 0.25) is 0 Å². The summed E-state index contributed by atoms with van der Waals surface area (Å²) in [7, 11) is 0. The van der Waals surface area contributed by atoms with E-state index in [2.05, 4.69) is 20.4 Å². The highest BCUT2D eigenvalue weighted by atomic mass is 19.3. The number of hydrogen-bond acceptors (Lipinski definition) is 4. The molecular formula is C28H24F2N6O. The number of anilines is 1. The number of halogens is 2. The fourth-order valence-corrected chi connectivity index (χ4v) is 4.62. The number of nitrogens with zero attached hydrogens (tertiary/aromatic N) is 4. The number of likely N-dealkylation sites (tertiary alicyclic amines) is 1. The standard InChI is InChI=1S/C28H24F2N6O/c29-28(30)17-35(18-28)14-20-7-4-8-21(9-20)22-10-24-25(13-32-26(24)31-11-22)34-27(37)23-12-33-36(16-23)15-19-5-2-1-3-6-19/h1-13,16H,14-15,17-18H2,(H,31,32)(H,34,37). The molecule has 37 heavy (non-hydrogen) atoms. The average Bonchev–Trinajstić information content (AvgIpc) is 3.51. The highest BCUT2D eigenvalue weighted by Crippen LogP contribution is 2.31. The third-order valence-corrected chi connectivity index (χ3v) is 6.44. The lowest BCUT2D eigenvalue weighted by molar-refractivity contribution is -0.133. The van der Waals surface area contributed by atoms with E-state index in [1.54, 1.807) is 34.4 Å². The van der Waals surface area contributed by atoms with Crippen molar-refractivity contribution < 1.29 is 13.6 Å². The predicted octanol–water partition coefficient (Wildman–Crippen LogP) is 5.18. The van der Waals surface area contributed by atoms with Gasteiger partial charge in [0.15, 0.2) is 0 Å². The summed E-state index contributed by atoms with van der Waals surface area (Å²) in [4.78, 5) is 22.3. The SMILES string of the molecule is O=C(Nc1c[nH]c2ncc(-c3cccc(CN4CC(F)(F)C4)c3)cc12)c1cnn(Cc2ccccc2)c1. The third kappa shape index (κ3) is 4.99. The summed E-state index contributed by atoms with van der Waals surface area (Å²) in [6, 6.07) is 19.7. The van der Waals surface area contributed by atoms with Crippen molar-refractivity contribution in [3.63, 3.8) is 0 Å². The van der Waals surface area contributed by atoms with Gasteiger partial charge in [-0.3, -0.25) is 14.4 Å². The summed E-state index contributed by atoms with van der Waals surface area (Å²) in [5.41, 5.74) is 5.58. The molecule has 1 fully saturated rings. The van der Waals surface area contributed by atoms with Crippen LogP contribution in [0, 0.1) is 0 Å². The van der Waals surface area contributed by atoms with Crippen LogP contribution in [0.25, 0.3) is 22.2 Å². The van der Waals surface area contributed by atoms with Crippen molar-refractivity contribution in [1.29, 1.82) is 0 Å². The number of aromatic amines is 1. The Morgan fingerprint density at radius 2 is 1.78 bits per heavy atom. The van der Waals surface area contributed by atoms with Crippen molar-refractivity contribution >= 4 is 22.6 Å². The molecular weight excluding hydrogens is 474 g/mol. The Morgan fingerprint density at radius 3 is 2.59 bits per heavy atom. The third-order valence-electron chi connectivity index (χ3n) is 6.44. The Hall–Kier alpha value is -4.37. The number of pyridine rings is 1. The van der Waals surface area contributed by atoms with Crippen LogP contribution in [0.5, 0.6) is 0 Å². The maximum absolute atomic E-state index is 13.2. The van der Waals surface area contributed by atoms with Crippen LogP contribution in [0.1, 0.15) is 21.5 Å². The van der Waals surface area contributed by atoms with E-state index in [4.69, 9.17) is 0 Å². The molecule has 2 aromatic carbocycles. The number of benzene rings is 2. The Bertz CT molecular complexity index is 1570. The molecule has 0 saturated carbocycles. The fourth-order valence-electron chi connectivity index (χ4n) is 4.62. The van der Waals surface area contributed by atoms with E-state index in [0.29, 0.717) is 30.0 Å². The molecule has 0 bridgehead atoms. The Labute approximate surface area is 211 Å². The molecule has 0 spiro atoms. The maximum Gasteiger partial charge on any atom is 0.272 e. The second-order valence-corrected chi connectivity index (χ2v) is 9.39. The Balaban J connectivity index is 1.19. The molecule has 2 N–H and O–H groups in total. The van der Waals surface area contributed by atoms with Gasteiger partial charge in [0.05, 0.1) is 37.1 Å². The molecule has 4 heterocycles. The van der Waals surface area contributed by atoms with Gasteiger partial charge in [0, 0.05) is 36.1 Å². The van der Waals surface area contributed by atoms with E-state index in [0.717, 1.165) is 27.6 Å². The van der Waals surface area contributed by atoms with Crippen LogP contribution in [0.4, 0.5) is 14.5 Å². The van der Waals surface area contributed by atoms with Crippen molar-refractivity contribution in [1.82, 2.24) is 24.6 Å². The molecule has 1 aliphatic rings. The number of nitrogens with one attached hydrogen (secondary N) is 2. The number of hydrogen-bond donors (Lipinski definition) is 2. The molecule has 9 heteroatoms. The first-order valence-corrected chi connectivity index (χ1v) is 12.0. The number of amides is 1. The van der Waals surface area contributed by atoms with Crippen LogP contribution >= 0.6 is 0 Å². The zero-order chi connectivity index (χ0) is 25.4. The first-order valence-electron chi connectivity index (χ1n) is 12.0. The lowest BCUT2D eigenvalue weighted by Crippen LogP contribution is -2.55. The predicted molar refractivity (Wildman–Crippen MR) is 137 cm³/mol. The molecule has 1 aliphatic heterocycles. The number of carbonyl (C=O) groups is 1. The largest absolute Gasteiger partial charge is 0.344 e. The molecule has 0 aliphatic carbocycles. The average molecular weight is 499 g/mol.